The van der Waals surface area contributed by atoms with Crippen molar-refractivity contribution in [2.45, 2.75) is 18.4 Å². The van der Waals surface area contributed by atoms with Crippen molar-refractivity contribution >= 4 is 26.7 Å². The molecule has 0 saturated carbocycles. The smallest absolute Gasteiger partial charge is 0.267 e. The lowest BCUT2D eigenvalue weighted by molar-refractivity contribution is 0.293. The van der Waals surface area contributed by atoms with Crippen LogP contribution in [0.15, 0.2) is 65.8 Å². The molecule has 0 bridgehead atoms. The van der Waals surface area contributed by atoms with Crippen molar-refractivity contribution in [1.29, 1.82) is 0 Å². The van der Waals surface area contributed by atoms with E-state index in [1.165, 1.54) is 6.20 Å². The van der Waals surface area contributed by atoms with Crippen molar-refractivity contribution < 1.29 is 31.1 Å². The van der Waals surface area contributed by atoms with E-state index in [1.807, 2.05) is 42.0 Å². The predicted molar refractivity (Wildman–Crippen MR) is 136 cm³/mol. The second-order valence-corrected chi connectivity index (χ2v) is 10.0. The van der Waals surface area contributed by atoms with E-state index in [4.69, 9.17) is 9.47 Å². The van der Waals surface area contributed by atoms with Crippen LogP contribution in [-0.4, -0.2) is 35.7 Å². The summed E-state index contributed by atoms with van der Waals surface area (Å²) in [6.07, 6.45) is 2.17. The van der Waals surface area contributed by atoms with Gasteiger partial charge in [-0.05, 0) is 24.6 Å². The number of ether oxygens (including phenoxy) is 2. The monoisotopic (exact) mass is 555 g/mol. The number of nitrogens with zero attached hydrogens (tertiary/aromatic N) is 3. The van der Waals surface area contributed by atoms with Crippen molar-refractivity contribution in [2.24, 2.45) is 0 Å². The number of aromatic nitrogens is 4. The Bertz CT molecular complexity index is 1800. The van der Waals surface area contributed by atoms with Gasteiger partial charge in [-0.1, -0.05) is 30.3 Å². The highest BCUT2D eigenvalue weighted by molar-refractivity contribution is 7.92. The van der Waals surface area contributed by atoms with Gasteiger partial charge < -0.3 is 9.47 Å². The van der Waals surface area contributed by atoms with Gasteiger partial charge in [-0.25, -0.2) is 31.6 Å². The van der Waals surface area contributed by atoms with Gasteiger partial charge in [0.1, 0.15) is 24.0 Å². The maximum atomic E-state index is 15.4. The number of benzene rings is 2. The maximum Gasteiger partial charge on any atom is 0.267 e. The standard InChI is InChI=1S/C26H20F3N5O4S/c1-14-22-23(15-6-4-3-5-7-15)20(12-30-25(22)33-32-14)38-13-17-18(28)8-9-19(24(17)29)34-39(35,36)21-10-16(27)11-31-26(21)37-2/h3-12,34H,13H2,1-2H3,(H,30,32,33). The minimum Gasteiger partial charge on any atom is -0.486 e. The van der Waals surface area contributed by atoms with Gasteiger partial charge in [0.15, 0.2) is 16.4 Å². The number of rotatable bonds is 8. The molecule has 0 aliphatic rings. The highest BCUT2D eigenvalue weighted by Gasteiger charge is 2.25. The first kappa shape index (κ1) is 26.0. The van der Waals surface area contributed by atoms with E-state index in [2.05, 4.69) is 20.2 Å². The normalized spacial score (nSPS) is 11.5. The zero-order chi connectivity index (χ0) is 27.7. The fraction of sp³-hybridized carbons (Fsp3) is 0.115. The number of pyridine rings is 2. The van der Waals surface area contributed by atoms with Crippen LogP contribution in [0.25, 0.3) is 22.2 Å². The van der Waals surface area contributed by atoms with E-state index in [0.717, 1.165) is 36.7 Å². The van der Waals surface area contributed by atoms with Crippen molar-refractivity contribution in [3.05, 3.63) is 89.6 Å². The van der Waals surface area contributed by atoms with Gasteiger partial charge in [-0.2, -0.15) is 5.10 Å². The van der Waals surface area contributed by atoms with Crippen molar-refractivity contribution in [3.63, 3.8) is 0 Å². The van der Waals surface area contributed by atoms with Gasteiger partial charge >= 0.3 is 0 Å². The third-order valence-corrected chi connectivity index (χ3v) is 7.22. The van der Waals surface area contributed by atoms with Gasteiger partial charge in [-0.3, -0.25) is 9.82 Å². The summed E-state index contributed by atoms with van der Waals surface area (Å²) in [5.74, 6) is -3.29. The Morgan fingerprint density at radius 1 is 1.03 bits per heavy atom. The summed E-state index contributed by atoms with van der Waals surface area (Å²) in [5.41, 5.74) is 1.43. The molecule has 5 rings (SSSR count). The molecule has 9 nitrogen and oxygen atoms in total. The molecular formula is C26H20F3N5O4S. The summed E-state index contributed by atoms with van der Waals surface area (Å²) in [6.45, 7) is 1.22. The summed E-state index contributed by atoms with van der Waals surface area (Å²) in [5, 5.41) is 7.72. The Labute approximate surface area is 220 Å². The third kappa shape index (κ3) is 4.95. The van der Waals surface area contributed by atoms with Crippen LogP contribution in [0.2, 0.25) is 0 Å². The Hall–Kier alpha value is -4.65. The summed E-state index contributed by atoms with van der Waals surface area (Å²) in [4.78, 5) is 7.19. The van der Waals surface area contributed by atoms with Gasteiger partial charge in [-0.15, -0.1) is 0 Å². The van der Waals surface area contributed by atoms with Crippen LogP contribution in [0.5, 0.6) is 11.6 Å². The Morgan fingerprint density at radius 3 is 2.54 bits per heavy atom. The fourth-order valence-corrected chi connectivity index (χ4v) is 5.22. The molecule has 200 valence electrons. The molecule has 0 radical (unpaired) electrons. The molecule has 0 aliphatic carbocycles. The van der Waals surface area contributed by atoms with Crippen molar-refractivity contribution in [2.75, 3.05) is 11.8 Å². The number of H-pyrrole nitrogens is 1. The van der Waals surface area contributed by atoms with Crippen LogP contribution in [0.4, 0.5) is 18.9 Å². The quantitative estimate of drug-likeness (QED) is 0.272. The third-order valence-electron chi connectivity index (χ3n) is 5.86. The largest absolute Gasteiger partial charge is 0.486 e. The molecule has 0 spiro atoms. The van der Waals surface area contributed by atoms with E-state index in [1.54, 1.807) is 0 Å². The zero-order valence-electron chi connectivity index (χ0n) is 20.5. The molecular weight excluding hydrogens is 535 g/mol. The number of aromatic amines is 1. The molecule has 5 aromatic rings. The summed E-state index contributed by atoms with van der Waals surface area (Å²) < 4.78 is 82.4. The van der Waals surface area contributed by atoms with E-state index < -0.39 is 56.1 Å². The minimum absolute atomic E-state index is 0.235. The number of halogens is 3. The van der Waals surface area contributed by atoms with Crippen molar-refractivity contribution in [1.82, 2.24) is 20.2 Å². The molecule has 0 unspecified atom stereocenters. The van der Waals surface area contributed by atoms with E-state index in [-0.39, 0.29) is 5.75 Å². The molecule has 13 heteroatoms. The molecule has 0 amide bonds. The average molecular weight is 556 g/mol. The van der Waals surface area contributed by atoms with Gasteiger partial charge in [0.05, 0.1) is 36.1 Å². The molecule has 0 fully saturated rings. The van der Waals surface area contributed by atoms with Crippen LogP contribution >= 0.6 is 0 Å². The molecule has 2 aromatic carbocycles. The summed E-state index contributed by atoms with van der Waals surface area (Å²) in [6, 6.07) is 11.7. The van der Waals surface area contributed by atoms with Crippen molar-refractivity contribution in [3.8, 4) is 22.8 Å². The maximum absolute atomic E-state index is 15.4. The van der Waals surface area contributed by atoms with E-state index in [9.17, 15) is 17.2 Å². The summed E-state index contributed by atoms with van der Waals surface area (Å²) in [7, 11) is -3.42. The number of nitrogens with one attached hydrogen (secondary N) is 2. The first-order chi connectivity index (χ1) is 18.7. The number of anilines is 1. The number of sulfonamides is 1. The predicted octanol–water partition coefficient (Wildman–Crippen LogP) is 5.13. The molecule has 0 atom stereocenters. The van der Waals surface area contributed by atoms with Gasteiger partial charge in [0.25, 0.3) is 10.0 Å². The van der Waals surface area contributed by atoms with E-state index >= 15 is 4.39 Å². The lowest BCUT2D eigenvalue weighted by atomic mass is 10.0. The fourth-order valence-electron chi connectivity index (χ4n) is 4.03. The Morgan fingerprint density at radius 2 is 1.79 bits per heavy atom. The Balaban J connectivity index is 1.50. The number of fused-ring (bicyclic) bond motifs is 1. The highest BCUT2D eigenvalue weighted by Crippen LogP contribution is 2.37. The van der Waals surface area contributed by atoms with Gasteiger partial charge in [0, 0.05) is 17.3 Å². The summed E-state index contributed by atoms with van der Waals surface area (Å²) >= 11 is 0. The number of aryl methyl sites for hydroxylation is 1. The SMILES string of the molecule is COc1ncc(F)cc1S(=O)(=O)Nc1ccc(F)c(COc2cnc3n[nH]c(C)c3c2-c2ccccc2)c1F. The topological polar surface area (TPSA) is 119 Å². The number of hydrogen-bond acceptors (Lipinski definition) is 7. The molecule has 2 N–H and O–H groups in total. The van der Waals surface area contributed by atoms with Crippen LogP contribution < -0.4 is 14.2 Å². The average Bonchev–Trinajstić information content (AvgIpc) is 3.31. The number of hydrogen-bond donors (Lipinski definition) is 2. The van der Waals surface area contributed by atoms with Crippen LogP contribution in [-0.2, 0) is 16.6 Å². The number of methoxy groups -OCH3 is 1. The first-order valence-electron chi connectivity index (χ1n) is 11.4. The zero-order valence-corrected chi connectivity index (χ0v) is 21.3. The molecule has 0 aliphatic heterocycles. The minimum atomic E-state index is -4.56. The molecule has 0 saturated heterocycles. The lowest BCUT2D eigenvalue weighted by Gasteiger charge is -2.16. The first-order valence-corrected chi connectivity index (χ1v) is 12.9. The second-order valence-electron chi connectivity index (χ2n) is 8.35. The lowest BCUT2D eigenvalue weighted by Crippen LogP contribution is -2.17. The molecule has 3 aromatic heterocycles. The van der Waals surface area contributed by atoms with Gasteiger partial charge in [0.2, 0.25) is 5.88 Å². The molecule has 39 heavy (non-hydrogen) atoms. The van der Waals surface area contributed by atoms with E-state index in [0.29, 0.717) is 22.7 Å². The highest BCUT2D eigenvalue weighted by atomic mass is 32.2. The molecule has 3 heterocycles. The van der Waals surface area contributed by atoms with Crippen LogP contribution in [0.3, 0.4) is 0 Å². The second kappa shape index (κ2) is 10.3. The Kier molecular flexibility index (Phi) is 6.83. The van der Waals surface area contributed by atoms with Crippen LogP contribution in [0, 0.1) is 24.4 Å². The van der Waals surface area contributed by atoms with Crippen LogP contribution in [0.1, 0.15) is 11.3 Å².